The van der Waals surface area contributed by atoms with Crippen LogP contribution in [0.5, 0.6) is 0 Å². The van der Waals surface area contributed by atoms with Gasteiger partial charge in [0.25, 0.3) is 11.8 Å². The van der Waals surface area contributed by atoms with Crippen LogP contribution in [0, 0.1) is 0 Å². The maximum atomic E-state index is 5.81. The van der Waals surface area contributed by atoms with E-state index in [1.807, 2.05) is 9.80 Å². The van der Waals surface area contributed by atoms with E-state index in [0.29, 0.717) is 70.8 Å². The van der Waals surface area contributed by atoms with E-state index in [4.69, 9.17) is 8.83 Å². The lowest BCUT2D eigenvalue weighted by molar-refractivity contribution is 0.449. The minimum absolute atomic E-state index is 0.312. The maximum absolute atomic E-state index is 5.81. The van der Waals surface area contributed by atoms with Gasteiger partial charge in [-0.1, -0.05) is 58.7 Å². The second-order valence-electron chi connectivity index (χ2n) is 15.4. The molecular formula is C40H38N18O2. The molecule has 20 heteroatoms. The second-order valence-corrected chi connectivity index (χ2v) is 15.4. The molecule has 0 saturated carbocycles. The third-order valence-corrected chi connectivity index (χ3v) is 11.4. The number of fused-ring (bicyclic) bond motifs is 2. The van der Waals surface area contributed by atoms with Crippen LogP contribution in [0.1, 0.15) is 45.5 Å². The summed E-state index contributed by atoms with van der Waals surface area (Å²) in [6.45, 7) is 3.10. The molecule has 0 bridgehead atoms. The molecule has 0 radical (unpaired) electrons. The van der Waals surface area contributed by atoms with Crippen LogP contribution in [0.3, 0.4) is 0 Å². The SMILES string of the molecule is c1ccc2c(c1)CC(Nc1ncc(-c3nnc(N4CC(c5cn[nH]n5)C4)o3)cn1)C2.c1ccc2c(c1)CC(Nc1ncc(-c3nnc(N4CC(c5cn[nH]n5)C4)o3)cn1)C2. The van der Waals surface area contributed by atoms with Crippen molar-refractivity contribution in [3.63, 3.8) is 0 Å². The Morgan fingerprint density at radius 3 is 1.23 bits per heavy atom. The molecule has 2 aliphatic heterocycles. The Kier molecular flexibility index (Phi) is 9.04. The largest absolute Gasteiger partial charge is 0.403 e. The smallest absolute Gasteiger partial charge is 0.318 e. The summed E-state index contributed by atoms with van der Waals surface area (Å²) in [7, 11) is 0. The fraction of sp³-hybridized carbons (Fsp3) is 0.300. The highest BCUT2D eigenvalue weighted by Gasteiger charge is 2.35. The first-order chi connectivity index (χ1) is 29.6. The molecule has 2 aliphatic carbocycles. The van der Waals surface area contributed by atoms with Gasteiger partial charge < -0.3 is 29.3 Å². The van der Waals surface area contributed by atoms with Gasteiger partial charge >= 0.3 is 12.0 Å². The number of H-pyrrole nitrogens is 2. The van der Waals surface area contributed by atoms with Crippen molar-refractivity contribution in [1.82, 2.24) is 71.2 Å². The van der Waals surface area contributed by atoms with E-state index in [9.17, 15) is 0 Å². The predicted molar refractivity (Wildman–Crippen MR) is 216 cm³/mol. The average molecular weight is 803 g/mol. The molecule has 4 N–H and O–H groups in total. The molecular weight excluding hydrogens is 765 g/mol. The summed E-state index contributed by atoms with van der Waals surface area (Å²) in [5.74, 6) is 2.69. The third kappa shape index (κ3) is 7.22. The Morgan fingerprint density at radius 2 is 0.883 bits per heavy atom. The molecule has 300 valence electrons. The summed E-state index contributed by atoms with van der Waals surface area (Å²) in [6.07, 6.45) is 14.3. The molecule has 8 heterocycles. The Bertz CT molecular complexity index is 2430. The predicted octanol–water partition coefficient (Wildman–Crippen LogP) is 3.66. The Hall–Kier alpha value is -7.64. The molecule has 2 fully saturated rings. The van der Waals surface area contributed by atoms with Crippen molar-refractivity contribution < 1.29 is 8.83 Å². The molecule has 20 nitrogen and oxygen atoms in total. The molecule has 0 spiro atoms. The minimum Gasteiger partial charge on any atom is -0.403 e. The Labute approximate surface area is 341 Å². The van der Waals surface area contributed by atoms with Crippen LogP contribution in [-0.2, 0) is 25.7 Å². The lowest BCUT2D eigenvalue weighted by Crippen LogP contribution is -2.45. The molecule has 4 aliphatic rings. The Balaban J connectivity index is 0.000000136. The summed E-state index contributed by atoms with van der Waals surface area (Å²) < 4.78 is 11.6. The van der Waals surface area contributed by atoms with Gasteiger partial charge in [0.1, 0.15) is 0 Å². The van der Waals surface area contributed by atoms with Crippen molar-refractivity contribution in [3.8, 4) is 22.9 Å². The maximum Gasteiger partial charge on any atom is 0.318 e. The number of benzene rings is 2. The van der Waals surface area contributed by atoms with E-state index in [1.165, 1.54) is 22.3 Å². The van der Waals surface area contributed by atoms with Crippen molar-refractivity contribution in [2.24, 2.45) is 0 Å². The molecule has 12 rings (SSSR count). The minimum atomic E-state index is 0.312. The lowest BCUT2D eigenvalue weighted by atomic mass is 9.98. The van der Waals surface area contributed by atoms with Crippen molar-refractivity contribution in [2.75, 3.05) is 46.6 Å². The van der Waals surface area contributed by atoms with Crippen LogP contribution < -0.4 is 20.4 Å². The zero-order valence-electron chi connectivity index (χ0n) is 32.1. The number of nitrogens with one attached hydrogen (secondary N) is 4. The van der Waals surface area contributed by atoms with E-state index in [2.05, 4.69) is 130 Å². The zero-order valence-corrected chi connectivity index (χ0v) is 32.1. The van der Waals surface area contributed by atoms with Gasteiger partial charge in [-0.25, -0.2) is 19.9 Å². The van der Waals surface area contributed by atoms with Crippen LogP contribution in [-0.4, -0.2) is 109 Å². The fourth-order valence-electron chi connectivity index (χ4n) is 8.09. The van der Waals surface area contributed by atoms with E-state index >= 15 is 0 Å². The summed E-state index contributed by atoms with van der Waals surface area (Å²) in [5.41, 5.74) is 8.86. The summed E-state index contributed by atoms with van der Waals surface area (Å²) >= 11 is 0. The van der Waals surface area contributed by atoms with E-state index in [1.54, 1.807) is 37.2 Å². The molecule has 60 heavy (non-hydrogen) atoms. The van der Waals surface area contributed by atoms with Gasteiger partial charge in [0, 0.05) is 74.9 Å². The van der Waals surface area contributed by atoms with E-state index in [-0.39, 0.29) is 0 Å². The molecule has 6 aromatic heterocycles. The number of aromatic nitrogens is 14. The first-order valence-electron chi connectivity index (χ1n) is 19.8. The van der Waals surface area contributed by atoms with Crippen LogP contribution in [0.15, 0.2) is 94.5 Å². The molecule has 2 saturated heterocycles. The first-order valence-corrected chi connectivity index (χ1v) is 19.8. The van der Waals surface area contributed by atoms with Crippen molar-refractivity contribution in [3.05, 3.63) is 119 Å². The number of rotatable bonds is 10. The number of hydrogen-bond acceptors (Lipinski definition) is 18. The van der Waals surface area contributed by atoms with Crippen LogP contribution in [0.2, 0.25) is 0 Å². The van der Waals surface area contributed by atoms with Gasteiger partial charge in [0.2, 0.25) is 11.9 Å². The molecule has 8 aromatic rings. The van der Waals surface area contributed by atoms with E-state index < -0.39 is 0 Å². The first kappa shape index (κ1) is 35.5. The monoisotopic (exact) mass is 802 g/mol. The fourth-order valence-corrected chi connectivity index (χ4v) is 8.09. The van der Waals surface area contributed by atoms with Crippen molar-refractivity contribution in [2.45, 2.75) is 49.6 Å². The highest BCUT2D eigenvalue weighted by Crippen LogP contribution is 2.33. The third-order valence-electron chi connectivity index (χ3n) is 11.4. The van der Waals surface area contributed by atoms with Gasteiger partial charge in [-0.05, 0) is 47.9 Å². The molecule has 0 unspecified atom stereocenters. The van der Waals surface area contributed by atoms with Crippen molar-refractivity contribution >= 4 is 23.9 Å². The average Bonchev–Trinajstić information content (AvgIpc) is 4.10. The molecule has 2 aromatic carbocycles. The van der Waals surface area contributed by atoms with Crippen molar-refractivity contribution in [1.29, 1.82) is 0 Å². The lowest BCUT2D eigenvalue weighted by Gasteiger charge is -2.36. The second kappa shape index (κ2) is 15.3. The summed E-state index contributed by atoms with van der Waals surface area (Å²) in [4.78, 5) is 21.8. The number of hydrogen-bond donors (Lipinski definition) is 4. The van der Waals surface area contributed by atoms with E-state index in [0.717, 1.165) is 63.3 Å². The standard InChI is InChI=1S/2C20H19N9O/c2*1-2-4-13-6-16(5-12(13)3-1)24-19-21-7-14(8-22-19)18-26-27-20(30-18)29-10-15(11-29)17-9-23-28-25-17/h2*1-4,7-9,15-16H,5-6,10-11H2,(H,21,22,24)(H,23,25,28). The van der Waals surface area contributed by atoms with Crippen LogP contribution >= 0.6 is 0 Å². The topological polar surface area (TPSA) is 243 Å². The summed E-state index contributed by atoms with van der Waals surface area (Å²) in [5, 5.41) is 44.7. The normalized spacial score (nSPS) is 16.5. The highest BCUT2D eigenvalue weighted by atomic mass is 16.4. The number of anilines is 4. The molecule has 0 atom stereocenters. The van der Waals surface area contributed by atoms with Gasteiger partial charge in [0.05, 0.1) is 34.9 Å². The van der Waals surface area contributed by atoms with Crippen LogP contribution in [0.25, 0.3) is 22.9 Å². The zero-order chi connectivity index (χ0) is 39.8. The van der Waals surface area contributed by atoms with Gasteiger partial charge in [-0.15, -0.1) is 10.2 Å². The van der Waals surface area contributed by atoms with Gasteiger partial charge in [-0.3, -0.25) is 0 Å². The van der Waals surface area contributed by atoms with Crippen LogP contribution in [0.4, 0.5) is 23.9 Å². The highest BCUT2D eigenvalue weighted by molar-refractivity contribution is 5.54. The quantitative estimate of drug-likeness (QED) is 0.154. The van der Waals surface area contributed by atoms with Gasteiger partial charge in [0.15, 0.2) is 0 Å². The Morgan fingerprint density at radius 1 is 0.500 bits per heavy atom. The molecule has 0 amide bonds. The van der Waals surface area contributed by atoms with Gasteiger partial charge in [-0.2, -0.15) is 30.8 Å². The summed E-state index contributed by atoms with van der Waals surface area (Å²) in [6, 6.07) is 18.7. The number of aromatic amines is 2. The number of nitrogens with zero attached hydrogens (tertiary/aromatic N) is 14.